The zero-order valence-corrected chi connectivity index (χ0v) is 20.0. The fourth-order valence-corrected chi connectivity index (χ4v) is 4.65. The van der Waals surface area contributed by atoms with E-state index >= 15 is 0 Å². The highest BCUT2D eigenvalue weighted by atomic mass is 32.2. The van der Waals surface area contributed by atoms with E-state index in [1.807, 2.05) is 60.7 Å². The first kappa shape index (κ1) is 25.5. The average Bonchev–Trinajstić information content (AvgIpc) is 2.85. The van der Waals surface area contributed by atoms with Crippen molar-refractivity contribution in [3.05, 3.63) is 120 Å². The van der Waals surface area contributed by atoms with E-state index in [9.17, 15) is 18.0 Å². The van der Waals surface area contributed by atoms with Crippen LogP contribution in [0.5, 0.6) is 0 Å². The van der Waals surface area contributed by atoms with Crippen molar-refractivity contribution in [2.24, 2.45) is 0 Å². The minimum atomic E-state index is -4.36. The Labute approximate surface area is 211 Å². The van der Waals surface area contributed by atoms with Gasteiger partial charge in [0.25, 0.3) is 0 Å². The number of aromatic nitrogens is 1. The number of rotatable bonds is 9. The van der Waals surface area contributed by atoms with E-state index in [0.717, 1.165) is 39.9 Å². The summed E-state index contributed by atoms with van der Waals surface area (Å²) in [6.07, 6.45) is -0.902. The second-order valence-electron chi connectivity index (χ2n) is 8.24. The number of nitrogens with zero attached hydrogens (tertiary/aromatic N) is 2. The predicted molar refractivity (Wildman–Crippen MR) is 134 cm³/mol. The first-order chi connectivity index (χ1) is 17.3. The first-order valence-electron chi connectivity index (χ1n) is 11.2. The Kier molecular flexibility index (Phi) is 8.07. The zero-order chi connectivity index (χ0) is 25.5. The standard InChI is InChI=1S/C28H23F3N2O2S/c29-28(30,31)25-11-13-26(14-12-25)36-33(19-22-2-1-15-32-17-22)18-21-5-9-24(10-6-21)23-7-3-20(4-8-23)16-27(34)35/h1-15,17H,16,18-19H2,(H,34,35). The number of aliphatic carboxylic acids is 1. The number of hydrogen-bond donors (Lipinski definition) is 1. The largest absolute Gasteiger partial charge is 0.481 e. The van der Waals surface area contributed by atoms with E-state index in [2.05, 4.69) is 9.29 Å². The van der Waals surface area contributed by atoms with Crippen LogP contribution in [0.15, 0.2) is 102 Å². The van der Waals surface area contributed by atoms with Crippen molar-refractivity contribution in [1.29, 1.82) is 0 Å². The van der Waals surface area contributed by atoms with Crippen LogP contribution in [-0.4, -0.2) is 20.4 Å². The number of carboxylic acids is 1. The van der Waals surface area contributed by atoms with Crippen molar-refractivity contribution in [1.82, 2.24) is 9.29 Å². The van der Waals surface area contributed by atoms with Crippen molar-refractivity contribution in [3.63, 3.8) is 0 Å². The van der Waals surface area contributed by atoms with Gasteiger partial charge in [0.2, 0.25) is 0 Å². The molecule has 36 heavy (non-hydrogen) atoms. The number of benzene rings is 3. The molecule has 184 valence electrons. The van der Waals surface area contributed by atoms with Gasteiger partial charge in [-0.15, -0.1) is 0 Å². The number of pyridine rings is 1. The number of carboxylic acid groups (broad SMARTS) is 1. The van der Waals surface area contributed by atoms with Crippen molar-refractivity contribution < 1.29 is 23.1 Å². The van der Waals surface area contributed by atoms with Gasteiger partial charge in [-0.25, -0.2) is 4.31 Å². The Morgan fingerprint density at radius 3 is 1.92 bits per heavy atom. The molecular formula is C28H23F3N2O2S. The molecular weight excluding hydrogens is 485 g/mol. The van der Waals surface area contributed by atoms with Crippen LogP contribution in [0.3, 0.4) is 0 Å². The third-order valence-corrected chi connectivity index (χ3v) is 6.45. The minimum Gasteiger partial charge on any atom is -0.481 e. The number of halogens is 3. The van der Waals surface area contributed by atoms with Gasteiger partial charge in [-0.1, -0.05) is 54.6 Å². The molecule has 3 aromatic carbocycles. The lowest BCUT2D eigenvalue weighted by Crippen LogP contribution is -2.15. The molecule has 0 fully saturated rings. The lowest BCUT2D eigenvalue weighted by molar-refractivity contribution is -0.138. The third-order valence-electron chi connectivity index (χ3n) is 5.45. The van der Waals surface area contributed by atoms with Crippen LogP contribution in [-0.2, 0) is 30.5 Å². The highest BCUT2D eigenvalue weighted by molar-refractivity contribution is 7.97. The highest BCUT2D eigenvalue weighted by Crippen LogP contribution is 2.33. The predicted octanol–water partition coefficient (Wildman–Crippen LogP) is 7.10. The molecule has 0 amide bonds. The Bertz CT molecular complexity index is 1280. The summed E-state index contributed by atoms with van der Waals surface area (Å²) in [5.74, 6) is -0.864. The molecule has 0 bridgehead atoms. The molecule has 0 spiro atoms. The maximum absolute atomic E-state index is 12.9. The molecule has 0 aliphatic heterocycles. The summed E-state index contributed by atoms with van der Waals surface area (Å²) in [6.45, 7) is 1.13. The lowest BCUT2D eigenvalue weighted by Gasteiger charge is -2.22. The smallest absolute Gasteiger partial charge is 0.416 e. The monoisotopic (exact) mass is 508 g/mol. The van der Waals surface area contributed by atoms with E-state index in [1.165, 1.54) is 24.1 Å². The van der Waals surface area contributed by atoms with Gasteiger partial charge in [-0.05, 0) is 70.1 Å². The van der Waals surface area contributed by atoms with Crippen LogP contribution in [0, 0.1) is 0 Å². The summed E-state index contributed by atoms with van der Waals surface area (Å²) >= 11 is 1.39. The molecule has 0 atom stereocenters. The van der Waals surface area contributed by atoms with E-state index in [1.54, 1.807) is 12.4 Å². The van der Waals surface area contributed by atoms with Gasteiger partial charge in [0.05, 0.1) is 12.0 Å². The molecule has 4 nitrogen and oxygen atoms in total. The van der Waals surface area contributed by atoms with Crippen molar-refractivity contribution >= 4 is 17.9 Å². The fraction of sp³-hybridized carbons (Fsp3) is 0.143. The molecule has 4 aromatic rings. The van der Waals surface area contributed by atoms with Crippen LogP contribution in [0.4, 0.5) is 13.2 Å². The van der Waals surface area contributed by atoms with E-state index < -0.39 is 17.7 Å². The van der Waals surface area contributed by atoms with E-state index in [4.69, 9.17) is 5.11 Å². The molecule has 0 radical (unpaired) electrons. The zero-order valence-electron chi connectivity index (χ0n) is 19.2. The second kappa shape index (κ2) is 11.4. The van der Waals surface area contributed by atoms with Crippen LogP contribution >= 0.6 is 11.9 Å². The van der Waals surface area contributed by atoms with Crippen LogP contribution < -0.4 is 0 Å². The van der Waals surface area contributed by atoms with Gasteiger partial charge < -0.3 is 5.11 Å². The molecule has 0 saturated carbocycles. The Morgan fingerprint density at radius 2 is 1.39 bits per heavy atom. The normalized spacial score (nSPS) is 11.6. The maximum atomic E-state index is 12.9. The molecule has 0 saturated heterocycles. The summed E-state index contributed by atoms with van der Waals surface area (Å²) in [5.41, 5.74) is 4.11. The second-order valence-corrected chi connectivity index (χ2v) is 9.41. The lowest BCUT2D eigenvalue weighted by atomic mass is 10.0. The SMILES string of the molecule is O=C(O)Cc1ccc(-c2ccc(CN(Cc3cccnc3)Sc3ccc(C(F)(F)F)cc3)cc2)cc1. The van der Waals surface area contributed by atoms with Crippen LogP contribution in [0.1, 0.15) is 22.3 Å². The van der Waals surface area contributed by atoms with Crippen molar-refractivity contribution in [3.8, 4) is 11.1 Å². The first-order valence-corrected chi connectivity index (χ1v) is 11.9. The average molecular weight is 509 g/mol. The molecule has 1 aromatic heterocycles. The highest BCUT2D eigenvalue weighted by Gasteiger charge is 2.30. The summed E-state index contributed by atoms with van der Waals surface area (Å²) in [6, 6.07) is 24.5. The Morgan fingerprint density at radius 1 is 0.806 bits per heavy atom. The molecule has 4 rings (SSSR count). The Hall–Kier alpha value is -3.62. The molecule has 1 N–H and O–H groups in total. The molecule has 1 heterocycles. The topological polar surface area (TPSA) is 53.4 Å². The number of alkyl halides is 3. The quantitative estimate of drug-likeness (QED) is 0.244. The third kappa shape index (κ3) is 7.19. The molecule has 8 heteroatoms. The summed E-state index contributed by atoms with van der Waals surface area (Å²) < 4.78 is 40.9. The molecule has 0 aliphatic carbocycles. The Balaban J connectivity index is 1.48. The molecule has 0 unspecified atom stereocenters. The van der Waals surface area contributed by atoms with Gasteiger partial charge >= 0.3 is 12.1 Å². The van der Waals surface area contributed by atoms with Gasteiger partial charge in [0.15, 0.2) is 0 Å². The molecule has 0 aliphatic rings. The summed E-state index contributed by atoms with van der Waals surface area (Å²) in [7, 11) is 0. The summed E-state index contributed by atoms with van der Waals surface area (Å²) in [5, 5.41) is 8.93. The van der Waals surface area contributed by atoms with Gasteiger partial charge in [0, 0.05) is 30.4 Å². The minimum absolute atomic E-state index is 0.0113. The van der Waals surface area contributed by atoms with Gasteiger partial charge in [0.1, 0.15) is 0 Å². The van der Waals surface area contributed by atoms with Crippen molar-refractivity contribution in [2.75, 3.05) is 0 Å². The number of carbonyl (C=O) groups is 1. The fourth-order valence-electron chi connectivity index (χ4n) is 3.67. The maximum Gasteiger partial charge on any atom is 0.416 e. The van der Waals surface area contributed by atoms with Gasteiger partial charge in [-0.2, -0.15) is 13.2 Å². The number of hydrogen-bond acceptors (Lipinski definition) is 4. The van der Waals surface area contributed by atoms with Crippen LogP contribution in [0.2, 0.25) is 0 Å². The van der Waals surface area contributed by atoms with E-state index in [-0.39, 0.29) is 6.42 Å². The van der Waals surface area contributed by atoms with Gasteiger partial charge in [-0.3, -0.25) is 9.78 Å². The van der Waals surface area contributed by atoms with Crippen LogP contribution in [0.25, 0.3) is 11.1 Å². The van der Waals surface area contributed by atoms with E-state index in [0.29, 0.717) is 18.0 Å². The summed E-state index contributed by atoms with van der Waals surface area (Å²) in [4.78, 5) is 15.8. The van der Waals surface area contributed by atoms with Crippen molar-refractivity contribution in [2.45, 2.75) is 30.6 Å².